The lowest BCUT2D eigenvalue weighted by Gasteiger charge is -2.13. The van der Waals surface area contributed by atoms with Gasteiger partial charge in [-0.15, -0.1) is 0 Å². The van der Waals surface area contributed by atoms with E-state index in [1.54, 1.807) is 6.20 Å². The zero-order valence-electron chi connectivity index (χ0n) is 8.40. The molecule has 0 unspecified atom stereocenters. The summed E-state index contributed by atoms with van der Waals surface area (Å²) in [7, 11) is 3.76. The molecule has 0 saturated heterocycles. The summed E-state index contributed by atoms with van der Waals surface area (Å²) in [6, 6.07) is 0. The number of hydrogen-bond acceptors (Lipinski definition) is 4. The summed E-state index contributed by atoms with van der Waals surface area (Å²) in [5, 5.41) is 0. The maximum absolute atomic E-state index is 10.7. The summed E-state index contributed by atoms with van der Waals surface area (Å²) < 4.78 is 0. The number of anilines is 1. The number of aldehydes is 1. The zero-order chi connectivity index (χ0) is 10.1. The van der Waals surface area contributed by atoms with E-state index in [4.69, 9.17) is 0 Å². The van der Waals surface area contributed by atoms with Gasteiger partial charge in [0.05, 0.1) is 5.56 Å². The van der Waals surface area contributed by atoms with Gasteiger partial charge in [0.2, 0.25) is 0 Å². The predicted molar refractivity (Wildman–Crippen MR) is 53.7 cm³/mol. The maximum atomic E-state index is 10.7. The van der Waals surface area contributed by atoms with Crippen molar-refractivity contribution >= 4 is 12.1 Å². The van der Waals surface area contributed by atoms with Crippen LogP contribution < -0.4 is 4.90 Å². The second kappa shape index (κ2) is 3.36. The van der Waals surface area contributed by atoms with Crippen LogP contribution in [0.1, 0.15) is 34.9 Å². The fourth-order valence-electron chi connectivity index (χ4n) is 1.37. The van der Waals surface area contributed by atoms with Crippen LogP contribution in [0, 0.1) is 0 Å². The summed E-state index contributed by atoms with van der Waals surface area (Å²) in [6.45, 7) is 0. The smallest absolute Gasteiger partial charge is 0.155 e. The van der Waals surface area contributed by atoms with Crippen molar-refractivity contribution in [2.75, 3.05) is 19.0 Å². The number of nitrogens with zero attached hydrogens (tertiary/aromatic N) is 3. The van der Waals surface area contributed by atoms with E-state index in [9.17, 15) is 4.79 Å². The Bertz CT molecular complexity index is 358. The van der Waals surface area contributed by atoms with Gasteiger partial charge in [-0.1, -0.05) is 0 Å². The molecule has 0 aliphatic heterocycles. The molecule has 4 heteroatoms. The van der Waals surface area contributed by atoms with E-state index < -0.39 is 0 Å². The highest BCUT2D eigenvalue weighted by Crippen LogP contribution is 2.38. The Balaban J connectivity index is 2.40. The van der Waals surface area contributed by atoms with Gasteiger partial charge in [-0.3, -0.25) is 4.79 Å². The maximum Gasteiger partial charge on any atom is 0.155 e. The Hall–Kier alpha value is -1.45. The molecule has 1 saturated carbocycles. The molecule has 74 valence electrons. The first-order valence-corrected chi connectivity index (χ1v) is 4.72. The molecule has 14 heavy (non-hydrogen) atoms. The first-order chi connectivity index (χ1) is 6.72. The number of aromatic nitrogens is 2. The summed E-state index contributed by atoms with van der Waals surface area (Å²) in [6.07, 6.45) is 4.76. The average Bonchev–Trinajstić information content (AvgIpc) is 3.00. The monoisotopic (exact) mass is 191 g/mol. The molecule has 0 radical (unpaired) electrons. The van der Waals surface area contributed by atoms with Crippen LogP contribution >= 0.6 is 0 Å². The van der Waals surface area contributed by atoms with Crippen molar-refractivity contribution < 1.29 is 4.79 Å². The van der Waals surface area contributed by atoms with Crippen molar-refractivity contribution in [3.8, 4) is 0 Å². The van der Waals surface area contributed by atoms with Crippen LogP contribution in [0.15, 0.2) is 6.20 Å². The second-order valence-electron chi connectivity index (χ2n) is 3.79. The highest BCUT2D eigenvalue weighted by Gasteiger charge is 2.27. The van der Waals surface area contributed by atoms with Gasteiger partial charge in [-0.25, -0.2) is 9.97 Å². The molecule has 1 aliphatic rings. The molecule has 0 bridgehead atoms. The standard InChI is InChI=1S/C10H13N3O/c1-13(2)10-8(6-14)5-11-9(12-10)7-3-4-7/h5-7H,3-4H2,1-2H3. The molecule has 0 aromatic carbocycles. The molecule has 0 spiro atoms. The first-order valence-electron chi connectivity index (χ1n) is 4.72. The molecule has 0 amide bonds. The van der Waals surface area contributed by atoms with Crippen molar-refractivity contribution in [1.29, 1.82) is 0 Å². The normalized spacial score (nSPS) is 15.3. The number of rotatable bonds is 3. The van der Waals surface area contributed by atoms with Crippen LogP contribution in [0.5, 0.6) is 0 Å². The molecule has 1 aliphatic carbocycles. The molecule has 1 heterocycles. The number of carbonyl (C=O) groups excluding carboxylic acids is 1. The molecule has 0 N–H and O–H groups in total. The van der Waals surface area contributed by atoms with Crippen LogP contribution in [0.25, 0.3) is 0 Å². The van der Waals surface area contributed by atoms with E-state index in [2.05, 4.69) is 9.97 Å². The highest BCUT2D eigenvalue weighted by molar-refractivity contribution is 5.82. The highest BCUT2D eigenvalue weighted by atomic mass is 16.1. The molecule has 1 fully saturated rings. The Morgan fingerprint density at radius 1 is 1.50 bits per heavy atom. The zero-order valence-corrected chi connectivity index (χ0v) is 8.40. The van der Waals surface area contributed by atoms with E-state index in [1.165, 1.54) is 12.8 Å². The largest absolute Gasteiger partial charge is 0.362 e. The van der Waals surface area contributed by atoms with Crippen LogP contribution in [-0.4, -0.2) is 30.3 Å². The van der Waals surface area contributed by atoms with Crippen LogP contribution in [-0.2, 0) is 0 Å². The lowest BCUT2D eigenvalue weighted by molar-refractivity contribution is 0.112. The lowest BCUT2D eigenvalue weighted by atomic mass is 10.3. The molecular formula is C10H13N3O. The van der Waals surface area contributed by atoms with Gasteiger partial charge in [0.15, 0.2) is 6.29 Å². The summed E-state index contributed by atoms with van der Waals surface area (Å²) >= 11 is 0. The number of hydrogen-bond donors (Lipinski definition) is 0. The van der Waals surface area contributed by atoms with Crippen molar-refractivity contribution in [3.63, 3.8) is 0 Å². The second-order valence-corrected chi connectivity index (χ2v) is 3.79. The van der Waals surface area contributed by atoms with E-state index >= 15 is 0 Å². The SMILES string of the molecule is CN(C)c1nc(C2CC2)ncc1C=O. The van der Waals surface area contributed by atoms with E-state index in [-0.39, 0.29) is 0 Å². The average molecular weight is 191 g/mol. The summed E-state index contributed by atoms with van der Waals surface area (Å²) in [5.41, 5.74) is 0.555. The molecule has 0 atom stereocenters. The third kappa shape index (κ3) is 1.60. The van der Waals surface area contributed by atoms with E-state index in [1.807, 2.05) is 19.0 Å². The Labute approximate surface area is 83.0 Å². The van der Waals surface area contributed by atoms with Crippen molar-refractivity contribution in [1.82, 2.24) is 9.97 Å². The van der Waals surface area contributed by atoms with Crippen molar-refractivity contribution in [2.24, 2.45) is 0 Å². The van der Waals surface area contributed by atoms with Gasteiger partial charge in [-0.05, 0) is 12.8 Å². The summed E-state index contributed by atoms with van der Waals surface area (Å²) in [5.74, 6) is 2.12. The quantitative estimate of drug-likeness (QED) is 0.674. The minimum Gasteiger partial charge on any atom is -0.362 e. The van der Waals surface area contributed by atoms with E-state index in [0.29, 0.717) is 11.5 Å². The lowest BCUT2D eigenvalue weighted by Crippen LogP contribution is -2.14. The minimum atomic E-state index is 0.523. The third-order valence-corrected chi connectivity index (χ3v) is 2.31. The van der Waals surface area contributed by atoms with Crippen molar-refractivity contribution in [2.45, 2.75) is 18.8 Å². The molecule has 4 nitrogen and oxygen atoms in total. The molecular weight excluding hydrogens is 178 g/mol. The number of carbonyl (C=O) groups is 1. The fourth-order valence-corrected chi connectivity index (χ4v) is 1.37. The molecule has 1 aromatic rings. The van der Waals surface area contributed by atoms with Gasteiger partial charge in [0, 0.05) is 26.2 Å². The van der Waals surface area contributed by atoms with Crippen LogP contribution in [0.4, 0.5) is 5.82 Å². The van der Waals surface area contributed by atoms with E-state index in [0.717, 1.165) is 17.9 Å². The predicted octanol–water partition coefficient (Wildman–Crippen LogP) is 1.23. The van der Waals surface area contributed by atoms with Gasteiger partial charge in [0.25, 0.3) is 0 Å². The summed E-state index contributed by atoms with van der Waals surface area (Å²) in [4.78, 5) is 21.1. The fraction of sp³-hybridized carbons (Fsp3) is 0.500. The van der Waals surface area contributed by atoms with Crippen LogP contribution in [0.3, 0.4) is 0 Å². The first kappa shape index (κ1) is 9.12. The molecule has 2 rings (SSSR count). The Kier molecular flexibility index (Phi) is 2.19. The van der Waals surface area contributed by atoms with Crippen LogP contribution in [0.2, 0.25) is 0 Å². The van der Waals surface area contributed by atoms with Gasteiger partial charge in [0.1, 0.15) is 11.6 Å². The van der Waals surface area contributed by atoms with Gasteiger partial charge >= 0.3 is 0 Å². The van der Waals surface area contributed by atoms with Gasteiger partial charge < -0.3 is 4.90 Å². The topological polar surface area (TPSA) is 46.1 Å². The van der Waals surface area contributed by atoms with Gasteiger partial charge in [-0.2, -0.15) is 0 Å². The van der Waals surface area contributed by atoms with Crippen molar-refractivity contribution in [3.05, 3.63) is 17.6 Å². The Morgan fingerprint density at radius 3 is 2.71 bits per heavy atom. The molecule has 1 aromatic heterocycles. The Morgan fingerprint density at radius 2 is 2.21 bits per heavy atom. The minimum absolute atomic E-state index is 0.523. The third-order valence-electron chi connectivity index (χ3n) is 2.31.